The van der Waals surface area contributed by atoms with Crippen LogP contribution in [0.3, 0.4) is 0 Å². The van der Waals surface area contributed by atoms with E-state index in [4.69, 9.17) is 4.42 Å². The summed E-state index contributed by atoms with van der Waals surface area (Å²) >= 11 is 0. The van der Waals surface area contributed by atoms with Crippen LogP contribution in [-0.2, 0) is 12.6 Å². The Morgan fingerprint density at radius 2 is 1.50 bits per heavy atom. The second kappa shape index (κ2) is 7.52. The first-order chi connectivity index (χ1) is 15.0. The Morgan fingerprint density at radius 1 is 0.812 bits per heavy atom. The topological polar surface area (TPSA) is 111 Å². The molecule has 1 heterocycles. The van der Waals surface area contributed by atoms with Gasteiger partial charge in [0.05, 0.1) is 5.56 Å². The normalized spacial score (nSPS) is 11.7. The number of hydrogen-bond acceptors (Lipinski definition) is 6. The van der Waals surface area contributed by atoms with Gasteiger partial charge in [-0.2, -0.15) is 13.2 Å². The summed E-state index contributed by atoms with van der Waals surface area (Å²) in [6.45, 7) is 0. The summed E-state index contributed by atoms with van der Waals surface area (Å²) in [5, 5.41) is 39.4. The van der Waals surface area contributed by atoms with Gasteiger partial charge in [0.25, 0.3) is 0 Å². The zero-order chi connectivity index (χ0) is 23.2. The minimum atomic E-state index is -4.61. The highest BCUT2D eigenvalue weighted by molar-refractivity contribution is 5.86. The van der Waals surface area contributed by atoms with Crippen LogP contribution < -0.4 is 5.43 Å². The standard InChI is InChI=1S/C23H15F3O6/c24-23(25,26)15-4-2-1-3-11(15)5-12-6-16(28)17(29)9-14(12)20-10-19(31)22-18(30)7-13(27)8-21(22)32-20/h1-4,6-10,27-30H,5H2. The van der Waals surface area contributed by atoms with Crippen LogP contribution in [0.4, 0.5) is 13.2 Å². The number of halogens is 3. The fraction of sp³-hybridized carbons (Fsp3) is 0.0870. The third-order valence-corrected chi connectivity index (χ3v) is 4.96. The molecule has 1 aromatic heterocycles. The van der Waals surface area contributed by atoms with Crippen molar-refractivity contribution in [1.29, 1.82) is 0 Å². The minimum absolute atomic E-state index is 0.0547. The van der Waals surface area contributed by atoms with Crippen molar-refractivity contribution in [2.24, 2.45) is 0 Å². The molecule has 4 aromatic rings. The van der Waals surface area contributed by atoms with Crippen LogP contribution in [0.25, 0.3) is 22.3 Å². The number of hydrogen-bond donors (Lipinski definition) is 4. The van der Waals surface area contributed by atoms with E-state index in [0.717, 1.165) is 36.4 Å². The van der Waals surface area contributed by atoms with Crippen LogP contribution in [0.5, 0.6) is 23.0 Å². The number of rotatable bonds is 3. The van der Waals surface area contributed by atoms with Gasteiger partial charge in [-0.15, -0.1) is 0 Å². The van der Waals surface area contributed by atoms with Crippen molar-refractivity contribution in [2.45, 2.75) is 12.6 Å². The van der Waals surface area contributed by atoms with Crippen LogP contribution in [0.2, 0.25) is 0 Å². The van der Waals surface area contributed by atoms with Crippen LogP contribution in [0.1, 0.15) is 16.7 Å². The summed E-state index contributed by atoms with van der Waals surface area (Å²) in [5.41, 5.74) is -1.60. The van der Waals surface area contributed by atoms with Gasteiger partial charge in [-0.25, -0.2) is 0 Å². The largest absolute Gasteiger partial charge is 0.508 e. The quantitative estimate of drug-likeness (QED) is 0.335. The predicted molar refractivity (Wildman–Crippen MR) is 109 cm³/mol. The first kappa shape index (κ1) is 21.1. The van der Waals surface area contributed by atoms with Crippen LogP contribution in [-0.4, -0.2) is 20.4 Å². The molecule has 4 N–H and O–H groups in total. The fourth-order valence-corrected chi connectivity index (χ4v) is 3.54. The zero-order valence-electron chi connectivity index (χ0n) is 16.1. The first-order valence-corrected chi connectivity index (χ1v) is 9.24. The van der Waals surface area contributed by atoms with E-state index in [1.807, 2.05) is 0 Å². The Bertz CT molecular complexity index is 1410. The molecule has 0 atom stereocenters. The maximum absolute atomic E-state index is 13.4. The number of fused-ring (bicyclic) bond motifs is 1. The molecule has 0 amide bonds. The molecular formula is C23H15F3O6. The molecule has 0 saturated heterocycles. The summed E-state index contributed by atoms with van der Waals surface area (Å²) < 4.78 is 45.9. The third kappa shape index (κ3) is 3.80. The summed E-state index contributed by atoms with van der Waals surface area (Å²) in [6.07, 6.45) is -4.91. The molecule has 32 heavy (non-hydrogen) atoms. The molecular weight excluding hydrogens is 429 g/mol. The lowest BCUT2D eigenvalue weighted by molar-refractivity contribution is -0.138. The van der Waals surface area contributed by atoms with Gasteiger partial charge in [0.2, 0.25) is 0 Å². The van der Waals surface area contributed by atoms with Crippen LogP contribution in [0, 0.1) is 0 Å². The zero-order valence-corrected chi connectivity index (χ0v) is 16.1. The molecule has 164 valence electrons. The van der Waals surface area contributed by atoms with E-state index in [2.05, 4.69) is 0 Å². The SMILES string of the molecule is O=c1cc(-c2cc(O)c(O)cc2Cc2ccccc2C(F)(F)F)oc2cc(O)cc(O)c12. The number of benzene rings is 3. The van der Waals surface area contributed by atoms with Gasteiger partial charge in [-0.3, -0.25) is 4.79 Å². The first-order valence-electron chi connectivity index (χ1n) is 9.24. The second-order valence-electron chi connectivity index (χ2n) is 7.14. The van der Waals surface area contributed by atoms with Gasteiger partial charge in [0, 0.05) is 23.8 Å². The Hall–Kier alpha value is -4.14. The molecule has 0 radical (unpaired) electrons. The molecule has 0 fully saturated rings. The summed E-state index contributed by atoms with van der Waals surface area (Å²) in [6, 6.07) is 10.1. The predicted octanol–water partition coefficient (Wildman–Crippen LogP) is 4.89. The van der Waals surface area contributed by atoms with Gasteiger partial charge >= 0.3 is 6.18 Å². The highest BCUT2D eigenvalue weighted by atomic mass is 19.4. The average molecular weight is 444 g/mol. The van der Waals surface area contributed by atoms with Gasteiger partial charge in [0.1, 0.15) is 28.2 Å². The Labute approximate surface area is 178 Å². The highest BCUT2D eigenvalue weighted by Crippen LogP contribution is 2.39. The van der Waals surface area contributed by atoms with Gasteiger partial charge < -0.3 is 24.8 Å². The molecule has 0 aliphatic carbocycles. The van der Waals surface area contributed by atoms with Crippen LogP contribution in [0.15, 0.2) is 63.8 Å². The molecule has 6 nitrogen and oxygen atoms in total. The van der Waals surface area contributed by atoms with Crippen molar-refractivity contribution >= 4 is 11.0 Å². The lowest BCUT2D eigenvalue weighted by Gasteiger charge is -2.15. The van der Waals surface area contributed by atoms with E-state index in [1.165, 1.54) is 18.2 Å². The van der Waals surface area contributed by atoms with Crippen molar-refractivity contribution in [3.8, 4) is 34.3 Å². The molecule has 9 heteroatoms. The number of alkyl halides is 3. The summed E-state index contributed by atoms with van der Waals surface area (Å²) in [5.74, 6) is -2.15. The Balaban J connectivity index is 1.93. The Kier molecular flexibility index (Phi) is 4.96. The molecule has 4 rings (SSSR count). The molecule has 0 spiro atoms. The van der Waals surface area contributed by atoms with Gasteiger partial charge in [0.15, 0.2) is 16.9 Å². The van der Waals surface area contributed by atoms with Gasteiger partial charge in [-0.1, -0.05) is 18.2 Å². The number of phenols is 4. The van der Waals surface area contributed by atoms with Crippen molar-refractivity contribution in [1.82, 2.24) is 0 Å². The van der Waals surface area contributed by atoms with E-state index in [-0.39, 0.29) is 45.6 Å². The molecule has 0 bridgehead atoms. The molecule has 3 aromatic carbocycles. The lowest BCUT2D eigenvalue weighted by Crippen LogP contribution is -2.09. The monoisotopic (exact) mass is 444 g/mol. The van der Waals surface area contributed by atoms with Crippen molar-refractivity contribution < 1.29 is 38.0 Å². The molecule has 0 aliphatic heterocycles. The summed E-state index contributed by atoms with van der Waals surface area (Å²) in [4.78, 5) is 12.5. The smallest absolute Gasteiger partial charge is 0.416 e. The van der Waals surface area contributed by atoms with E-state index < -0.39 is 34.4 Å². The fourth-order valence-electron chi connectivity index (χ4n) is 3.54. The van der Waals surface area contributed by atoms with Crippen molar-refractivity contribution in [2.75, 3.05) is 0 Å². The molecule has 0 unspecified atom stereocenters. The van der Waals surface area contributed by atoms with Crippen molar-refractivity contribution in [3.63, 3.8) is 0 Å². The highest BCUT2D eigenvalue weighted by Gasteiger charge is 2.33. The summed E-state index contributed by atoms with van der Waals surface area (Å²) in [7, 11) is 0. The average Bonchev–Trinajstić information content (AvgIpc) is 2.69. The molecule has 0 saturated carbocycles. The lowest BCUT2D eigenvalue weighted by atomic mass is 9.94. The van der Waals surface area contributed by atoms with E-state index in [1.54, 1.807) is 0 Å². The molecule has 0 aliphatic rings. The van der Waals surface area contributed by atoms with Gasteiger partial charge in [-0.05, 0) is 35.7 Å². The maximum atomic E-state index is 13.4. The van der Waals surface area contributed by atoms with Crippen molar-refractivity contribution in [3.05, 3.63) is 81.5 Å². The number of aromatic hydroxyl groups is 4. The van der Waals surface area contributed by atoms with Crippen LogP contribution >= 0.6 is 0 Å². The maximum Gasteiger partial charge on any atom is 0.416 e. The van der Waals surface area contributed by atoms with E-state index in [0.29, 0.717) is 0 Å². The third-order valence-electron chi connectivity index (χ3n) is 4.96. The van der Waals surface area contributed by atoms with E-state index >= 15 is 0 Å². The Morgan fingerprint density at radius 3 is 2.22 bits per heavy atom. The minimum Gasteiger partial charge on any atom is -0.508 e. The number of phenolic OH excluding ortho intramolecular Hbond substituents is 4. The van der Waals surface area contributed by atoms with E-state index in [9.17, 15) is 38.4 Å². The second-order valence-corrected chi connectivity index (χ2v) is 7.14.